The van der Waals surface area contributed by atoms with E-state index in [0.29, 0.717) is 11.8 Å². The smallest absolute Gasteiger partial charge is 0.149 e. The lowest BCUT2D eigenvalue weighted by atomic mass is 10.2. The summed E-state index contributed by atoms with van der Waals surface area (Å²) in [6, 6.07) is 0. The molecule has 0 aliphatic carbocycles. The van der Waals surface area contributed by atoms with Crippen LogP contribution in [0, 0.1) is 11.8 Å². The molecule has 0 aliphatic heterocycles. The first-order chi connectivity index (χ1) is 5.56. The van der Waals surface area contributed by atoms with E-state index in [1.165, 1.54) is 0 Å². The van der Waals surface area contributed by atoms with Crippen molar-refractivity contribution < 1.29 is 4.84 Å². The zero-order valence-electron chi connectivity index (χ0n) is 9.13. The normalized spacial score (nSPS) is 12.0. The SMILES string of the molecule is CCO[N+](CC(C)C)CC(C)C. The van der Waals surface area contributed by atoms with Crippen LogP contribution in [0.4, 0.5) is 0 Å². The standard InChI is InChI=1S/C10H23NO/c1-6-12-11(7-9(2)3)8-10(4)5/h9-10H,6-8H2,1-5H3/q+1. The molecule has 0 aliphatic rings. The van der Waals surface area contributed by atoms with Crippen molar-refractivity contribution in [3.63, 3.8) is 0 Å². The topological polar surface area (TPSA) is 15.1 Å². The Morgan fingerprint density at radius 1 is 1.00 bits per heavy atom. The number of rotatable bonds is 6. The predicted molar refractivity (Wildman–Crippen MR) is 53.2 cm³/mol. The van der Waals surface area contributed by atoms with Gasteiger partial charge in [-0.05, 0) is 12.0 Å². The summed E-state index contributed by atoms with van der Waals surface area (Å²) in [7, 11) is 0. The molecule has 73 valence electrons. The second-order valence-corrected chi connectivity index (χ2v) is 4.05. The second-order valence-electron chi connectivity index (χ2n) is 4.05. The van der Waals surface area contributed by atoms with E-state index in [-0.39, 0.29) is 0 Å². The van der Waals surface area contributed by atoms with Crippen LogP contribution < -0.4 is 5.06 Å². The highest BCUT2D eigenvalue weighted by molar-refractivity contribution is 4.58. The third kappa shape index (κ3) is 6.62. The fourth-order valence-corrected chi connectivity index (χ4v) is 1.18. The van der Waals surface area contributed by atoms with Gasteiger partial charge in [-0.25, -0.2) is 0 Å². The van der Waals surface area contributed by atoms with Gasteiger partial charge < -0.3 is 0 Å². The second kappa shape index (κ2) is 6.44. The molecule has 0 saturated heterocycles. The van der Waals surface area contributed by atoms with Gasteiger partial charge in [0, 0.05) is 11.8 Å². The fraction of sp³-hybridized carbons (Fsp3) is 1.00. The molecule has 0 aromatic rings. The van der Waals surface area contributed by atoms with Crippen LogP contribution in [0.15, 0.2) is 0 Å². The maximum atomic E-state index is 5.50. The summed E-state index contributed by atoms with van der Waals surface area (Å²) in [6.07, 6.45) is 0. The molecule has 0 atom stereocenters. The van der Waals surface area contributed by atoms with E-state index in [1.807, 2.05) is 6.92 Å². The molecule has 0 rings (SSSR count). The van der Waals surface area contributed by atoms with Crippen molar-refractivity contribution in [3.05, 3.63) is 0 Å². The Labute approximate surface area is 76.9 Å². The fourth-order valence-electron chi connectivity index (χ4n) is 1.18. The Balaban J connectivity index is 3.69. The summed E-state index contributed by atoms with van der Waals surface area (Å²) in [6.45, 7) is 13.7. The van der Waals surface area contributed by atoms with Crippen LogP contribution in [0.25, 0.3) is 0 Å². The van der Waals surface area contributed by atoms with Gasteiger partial charge in [0.15, 0.2) is 13.1 Å². The van der Waals surface area contributed by atoms with Gasteiger partial charge in [-0.15, -0.1) is 4.84 Å². The van der Waals surface area contributed by atoms with Gasteiger partial charge in [-0.1, -0.05) is 27.7 Å². The van der Waals surface area contributed by atoms with E-state index >= 15 is 0 Å². The highest BCUT2D eigenvalue weighted by Gasteiger charge is 2.19. The van der Waals surface area contributed by atoms with Crippen molar-refractivity contribution in [2.45, 2.75) is 34.6 Å². The van der Waals surface area contributed by atoms with Crippen LogP contribution in [0.1, 0.15) is 34.6 Å². The van der Waals surface area contributed by atoms with Gasteiger partial charge in [0.25, 0.3) is 0 Å². The molecule has 2 heteroatoms. The summed E-state index contributed by atoms with van der Waals surface area (Å²) in [4.78, 5) is 5.50. The van der Waals surface area contributed by atoms with Gasteiger partial charge in [0.05, 0.1) is 0 Å². The molecule has 0 fully saturated rings. The van der Waals surface area contributed by atoms with Crippen molar-refractivity contribution in [1.82, 2.24) is 5.06 Å². The lowest BCUT2D eigenvalue weighted by Gasteiger charge is -2.12. The Morgan fingerprint density at radius 3 is 1.67 bits per heavy atom. The van der Waals surface area contributed by atoms with Crippen molar-refractivity contribution >= 4 is 0 Å². The molecule has 0 amide bonds. The van der Waals surface area contributed by atoms with Gasteiger partial charge in [-0.3, -0.25) is 0 Å². The molecule has 2 nitrogen and oxygen atoms in total. The van der Waals surface area contributed by atoms with Crippen LogP contribution in [0.5, 0.6) is 0 Å². The zero-order chi connectivity index (χ0) is 9.56. The van der Waals surface area contributed by atoms with E-state index in [4.69, 9.17) is 4.84 Å². The third-order valence-corrected chi connectivity index (χ3v) is 1.45. The molecule has 0 aromatic heterocycles. The summed E-state index contributed by atoms with van der Waals surface area (Å²) in [5.74, 6) is 1.35. The van der Waals surface area contributed by atoms with E-state index < -0.39 is 0 Å². The first kappa shape index (κ1) is 11.9. The van der Waals surface area contributed by atoms with Crippen LogP contribution in [0.2, 0.25) is 0 Å². The average molecular weight is 173 g/mol. The molecule has 12 heavy (non-hydrogen) atoms. The van der Waals surface area contributed by atoms with Gasteiger partial charge in [0.1, 0.15) is 6.61 Å². The number of hydroxylamine groups is 2. The van der Waals surface area contributed by atoms with E-state index in [2.05, 4.69) is 32.8 Å². The molecule has 0 bridgehead atoms. The average Bonchev–Trinajstić information content (AvgIpc) is 1.84. The highest BCUT2D eigenvalue weighted by Crippen LogP contribution is 2.01. The first-order valence-electron chi connectivity index (χ1n) is 4.94. The molecule has 0 saturated carbocycles. The van der Waals surface area contributed by atoms with Crippen molar-refractivity contribution in [1.29, 1.82) is 0 Å². The maximum Gasteiger partial charge on any atom is 0.162 e. The molecular formula is C10H23NO+. The zero-order valence-corrected chi connectivity index (χ0v) is 9.13. The molecule has 0 N–H and O–H groups in total. The van der Waals surface area contributed by atoms with E-state index in [9.17, 15) is 0 Å². The third-order valence-electron chi connectivity index (χ3n) is 1.45. The van der Waals surface area contributed by atoms with E-state index in [0.717, 1.165) is 19.7 Å². The lowest BCUT2D eigenvalue weighted by Crippen LogP contribution is -2.37. The van der Waals surface area contributed by atoms with Crippen LogP contribution in [-0.4, -0.2) is 19.7 Å². The van der Waals surface area contributed by atoms with Crippen molar-refractivity contribution in [2.75, 3.05) is 19.7 Å². The molecule has 0 unspecified atom stereocenters. The summed E-state index contributed by atoms with van der Waals surface area (Å²) in [5, 5.41) is 2.08. The van der Waals surface area contributed by atoms with Crippen molar-refractivity contribution in [3.8, 4) is 0 Å². The number of hydrogen-bond donors (Lipinski definition) is 0. The van der Waals surface area contributed by atoms with E-state index in [1.54, 1.807) is 0 Å². The van der Waals surface area contributed by atoms with Gasteiger partial charge in [-0.2, -0.15) is 0 Å². The number of hydrogen-bond acceptors (Lipinski definition) is 2. The molecule has 0 aromatic carbocycles. The molecular weight excluding hydrogens is 150 g/mol. The van der Waals surface area contributed by atoms with Crippen LogP contribution in [0.3, 0.4) is 0 Å². The monoisotopic (exact) mass is 173 g/mol. The maximum absolute atomic E-state index is 5.50. The first-order valence-corrected chi connectivity index (χ1v) is 4.94. The van der Waals surface area contributed by atoms with Gasteiger partial charge in [0.2, 0.25) is 0 Å². The summed E-state index contributed by atoms with van der Waals surface area (Å²) >= 11 is 0. The Kier molecular flexibility index (Phi) is 6.39. The Morgan fingerprint density at radius 2 is 1.42 bits per heavy atom. The predicted octanol–water partition coefficient (Wildman–Crippen LogP) is 2.39. The summed E-state index contributed by atoms with van der Waals surface area (Å²) in [5.41, 5.74) is 0. The van der Waals surface area contributed by atoms with Crippen LogP contribution >= 0.6 is 0 Å². The minimum Gasteiger partial charge on any atom is -0.149 e. The van der Waals surface area contributed by atoms with Crippen LogP contribution in [-0.2, 0) is 4.84 Å². The highest BCUT2D eigenvalue weighted by atomic mass is 16.7. The minimum atomic E-state index is 0.676. The minimum absolute atomic E-state index is 0.676. The molecule has 1 radical (unpaired) electrons. The summed E-state index contributed by atoms with van der Waals surface area (Å²) < 4.78 is 0. The van der Waals surface area contributed by atoms with Crippen molar-refractivity contribution in [2.24, 2.45) is 11.8 Å². The van der Waals surface area contributed by atoms with Gasteiger partial charge >= 0.3 is 0 Å². The lowest BCUT2D eigenvalue weighted by molar-refractivity contribution is -0.0774. The quantitative estimate of drug-likeness (QED) is 0.444. The molecule has 0 spiro atoms. The number of nitrogens with zero attached hydrogens (tertiary/aromatic N) is 1. The Hall–Kier alpha value is -0.0800. The Bertz CT molecular complexity index is 92.0. The largest absolute Gasteiger partial charge is 0.162 e. The molecule has 0 heterocycles.